The van der Waals surface area contributed by atoms with Gasteiger partial charge in [0.1, 0.15) is 5.82 Å². The summed E-state index contributed by atoms with van der Waals surface area (Å²) in [6.45, 7) is 2.96. The molecule has 1 aromatic heterocycles. The van der Waals surface area contributed by atoms with Gasteiger partial charge in [0.25, 0.3) is 0 Å². The maximum atomic E-state index is 12.7. The number of amides is 1. The maximum Gasteiger partial charge on any atom is 0.337 e. The van der Waals surface area contributed by atoms with Crippen molar-refractivity contribution < 1.29 is 14.7 Å². The number of hydrogen-bond acceptors (Lipinski definition) is 4. The molecule has 1 amide bonds. The second kappa shape index (κ2) is 6.65. The van der Waals surface area contributed by atoms with E-state index in [0.29, 0.717) is 11.8 Å². The largest absolute Gasteiger partial charge is 0.478 e. The minimum Gasteiger partial charge on any atom is -0.478 e. The molecular weight excluding hydrogens is 318 g/mol. The Morgan fingerprint density at radius 2 is 1.72 bits per heavy atom. The highest BCUT2D eigenvalue weighted by Gasteiger charge is 2.42. The number of piperazine rings is 1. The molecule has 3 aliphatic rings. The highest BCUT2D eigenvalue weighted by Crippen LogP contribution is 2.50. The van der Waals surface area contributed by atoms with Crippen LogP contribution in [0.1, 0.15) is 42.5 Å². The molecule has 1 aromatic rings. The van der Waals surface area contributed by atoms with Gasteiger partial charge < -0.3 is 14.9 Å². The third-order valence-electron chi connectivity index (χ3n) is 5.82. The fraction of sp³-hybridized carbons (Fsp3) is 0.632. The fourth-order valence-electron chi connectivity index (χ4n) is 3.98. The van der Waals surface area contributed by atoms with Crippen LogP contribution < -0.4 is 4.90 Å². The van der Waals surface area contributed by atoms with Crippen molar-refractivity contribution in [3.05, 3.63) is 23.9 Å². The van der Waals surface area contributed by atoms with Crippen molar-refractivity contribution in [2.24, 2.45) is 17.8 Å². The summed E-state index contributed by atoms with van der Waals surface area (Å²) in [5.74, 6) is 2.40. The molecule has 1 N–H and O–H groups in total. The van der Waals surface area contributed by atoms with Crippen molar-refractivity contribution in [2.45, 2.75) is 32.1 Å². The Balaban J connectivity index is 1.30. The lowest BCUT2D eigenvalue weighted by Crippen LogP contribution is -2.49. The van der Waals surface area contributed by atoms with E-state index in [1.54, 1.807) is 12.1 Å². The first-order chi connectivity index (χ1) is 12.1. The number of anilines is 1. The Morgan fingerprint density at radius 3 is 2.20 bits per heavy atom. The average molecular weight is 343 g/mol. The third kappa shape index (κ3) is 3.78. The van der Waals surface area contributed by atoms with Gasteiger partial charge in [0.05, 0.1) is 5.56 Å². The molecule has 4 rings (SSSR count). The first-order valence-electron chi connectivity index (χ1n) is 9.34. The van der Waals surface area contributed by atoms with Crippen molar-refractivity contribution in [2.75, 3.05) is 31.1 Å². The highest BCUT2D eigenvalue weighted by atomic mass is 16.4. The normalized spacial score (nSPS) is 20.8. The minimum atomic E-state index is -0.963. The Bertz CT molecular complexity index is 632. The quantitative estimate of drug-likeness (QED) is 0.858. The molecule has 25 heavy (non-hydrogen) atoms. The number of pyridine rings is 1. The molecule has 6 nitrogen and oxygen atoms in total. The molecule has 0 atom stereocenters. The van der Waals surface area contributed by atoms with E-state index < -0.39 is 5.97 Å². The fourth-order valence-corrected chi connectivity index (χ4v) is 3.98. The second-order valence-electron chi connectivity index (χ2n) is 7.62. The molecule has 3 fully saturated rings. The molecule has 2 aliphatic carbocycles. The summed E-state index contributed by atoms with van der Waals surface area (Å²) in [6, 6.07) is 3.33. The van der Waals surface area contributed by atoms with Crippen molar-refractivity contribution in [3.63, 3.8) is 0 Å². The monoisotopic (exact) mass is 343 g/mol. The van der Waals surface area contributed by atoms with Gasteiger partial charge in [-0.15, -0.1) is 0 Å². The second-order valence-corrected chi connectivity index (χ2v) is 7.62. The summed E-state index contributed by atoms with van der Waals surface area (Å²) in [4.78, 5) is 31.9. The van der Waals surface area contributed by atoms with Crippen LogP contribution in [0.4, 0.5) is 5.82 Å². The number of aromatic carboxylic acids is 1. The SMILES string of the molecule is O=C(O)c1ccc(N2CCN(C(=O)CC(C3CC3)C3CC3)CC2)nc1. The summed E-state index contributed by atoms with van der Waals surface area (Å²) in [5, 5.41) is 8.94. The third-order valence-corrected chi connectivity index (χ3v) is 5.82. The van der Waals surface area contributed by atoms with Crippen LogP contribution in [-0.4, -0.2) is 53.0 Å². The van der Waals surface area contributed by atoms with E-state index in [4.69, 9.17) is 5.11 Å². The molecular formula is C19H25N3O3. The van der Waals surface area contributed by atoms with Gasteiger partial charge in [0.15, 0.2) is 0 Å². The van der Waals surface area contributed by atoms with Crippen molar-refractivity contribution in [1.29, 1.82) is 0 Å². The zero-order valence-corrected chi connectivity index (χ0v) is 14.4. The van der Waals surface area contributed by atoms with E-state index in [9.17, 15) is 9.59 Å². The Kier molecular flexibility index (Phi) is 4.36. The average Bonchev–Trinajstić information content (AvgIpc) is 3.53. The molecule has 0 spiro atoms. The molecule has 1 aliphatic heterocycles. The van der Waals surface area contributed by atoms with Crippen LogP contribution in [-0.2, 0) is 4.79 Å². The highest BCUT2D eigenvalue weighted by molar-refractivity contribution is 5.87. The maximum absolute atomic E-state index is 12.7. The van der Waals surface area contributed by atoms with E-state index in [1.807, 2.05) is 4.90 Å². The first kappa shape index (κ1) is 16.4. The number of carbonyl (C=O) groups excluding carboxylic acids is 1. The van der Waals surface area contributed by atoms with E-state index in [2.05, 4.69) is 9.88 Å². The number of rotatable bonds is 6. The lowest BCUT2D eigenvalue weighted by Gasteiger charge is -2.36. The topological polar surface area (TPSA) is 73.7 Å². The van der Waals surface area contributed by atoms with Crippen LogP contribution in [0.2, 0.25) is 0 Å². The molecule has 0 radical (unpaired) electrons. The molecule has 1 saturated heterocycles. The lowest BCUT2D eigenvalue weighted by molar-refractivity contribution is -0.132. The minimum absolute atomic E-state index is 0.198. The van der Waals surface area contributed by atoms with Crippen LogP contribution in [0.15, 0.2) is 18.3 Å². The number of carbonyl (C=O) groups is 2. The van der Waals surface area contributed by atoms with Crippen molar-refractivity contribution in [1.82, 2.24) is 9.88 Å². The molecule has 2 saturated carbocycles. The van der Waals surface area contributed by atoms with E-state index in [-0.39, 0.29) is 5.56 Å². The lowest BCUT2D eigenvalue weighted by atomic mass is 9.93. The zero-order chi connectivity index (χ0) is 17.4. The smallest absolute Gasteiger partial charge is 0.337 e. The van der Waals surface area contributed by atoms with Crippen LogP contribution in [0.25, 0.3) is 0 Å². The first-order valence-corrected chi connectivity index (χ1v) is 9.34. The van der Waals surface area contributed by atoms with Gasteiger partial charge in [-0.3, -0.25) is 4.79 Å². The molecule has 0 unspecified atom stereocenters. The molecule has 6 heteroatoms. The predicted molar refractivity (Wildman–Crippen MR) is 93.5 cm³/mol. The summed E-state index contributed by atoms with van der Waals surface area (Å²) >= 11 is 0. The van der Waals surface area contributed by atoms with Crippen LogP contribution in [0.3, 0.4) is 0 Å². The van der Waals surface area contributed by atoms with Gasteiger partial charge in [-0.25, -0.2) is 9.78 Å². The Morgan fingerprint density at radius 1 is 1.08 bits per heavy atom. The molecule has 134 valence electrons. The van der Waals surface area contributed by atoms with Crippen molar-refractivity contribution >= 4 is 17.7 Å². The summed E-state index contributed by atoms with van der Waals surface area (Å²) in [5.41, 5.74) is 0.198. The standard InChI is InChI=1S/C19H25N3O3/c23-18(11-16(13-1-2-13)14-3-4-14)22-9-7-21(8-10-22)17-6-5-15(12-20-17)19(24)25/h5-6,12-14,16H,1-4,7-11H2,(H,24,25). The molecule has 0 bridgehead atoms. The zero-order valence-electron chi connectivity index (χ0n) is 14.4. The number of carboxylic acid groups (broad SMARTS) is 1. The number of nitrogens with zero attached hydrogens (tertiary/aromatic N) is 3. The van der Waals surface area contributed by atoms with Gasteiger partial charge in [0, 0.05) is 38.8 Å². The Hall–Kier alpha value is -2.11. The van der Waals surface area contributed by atoms with Crippen LogP contribution >= 0.6 is 0 Å². The number of carboxylic acids is 1. The Labute approximate surface area is 147 Å². The number of hydrogen-bond donors (Lipinski definition) is 1. The number of aromatic nitrogens is 1. The van der Waals surface area contributed by atoms with Gasteiger partial charge >= 0.3 is 5.97 Å². The summed E-state index contributed by atoms with van der Waals surface area (Å²) in [6.07, 6.45) is 7.41. The van der Waals surface area contributed by atoms with E-state index in [1.165, 1.54) is 31.9 Å². The van der Waals surface area contributed by atoms with Crippen LogP contribution in [0.5, 0.6) is 0 Å². The summed E-state index contributed by atoms with van der Waals surface area (Å²) < 4.78 is 0. The molecule has 0 aromatic carbocycles. The van der Waals surface area contributed by atoms with Gasteiger partial charge in [-0.1, -0.05) is 0 Å². The summed E-state index contributed by atoms with van der Waals surface area (Å²) in [7, 11) is 0. The van der Waals surface area contributed by atoms with Gasteiger partial charge in [-0.05, 0) is 55.6 Å². The predicted octanol–water partition coefficient (Wildman–Crippen LogP) is 2.25. The van der Waals surface area contributed by atoms with Crippen molar-refractivity contribution in [3.8, 4) is 0 Å². The van der Waals surface area contributed by atoms with Gasteiger partial charge in [-0.2, -0.15) is 0 Å². The molecule has 2 heterocycles. The van der Waals surface area contributed by atoms with E-state index >= 15 is 0 Å². The van der Waals surface area contributed by atoms with Gasteiger partial charge in [0.2, 0.25) is 5.91 Å². The van der Waals surface area contributed by atoms with E-state index in [0.717, 1.165) is 50.3 Å². The van der Waals surface area contributed by atoms with Crippen LogP contribution in [0, 0.1) is 17.8 Å².